The molecule has 1 aromatic heterocycles. The standard InChI is InChI=1S/C24H26N2O2.H2/c1-16-7-12-23(28-2)20(13-16)24(27)18-10-8-17(14-18)9-11-19-15-25-21-5-3-4-6-22(21)26-19;/h3-7,12-13,15,17-18H,8-11,14H2,1-2H3;1H/t17-,18?;/m0./s1. The van der Waals surface area contributed by atoms with Crippen LogP contribution in [0.4, 0.5) is 0 Å². The van der Waals surface area contributed by atoms with E-state index in [0.29, 0.717) is 11.7 Å². The summed E-state index contributed by atoms with van der Waals surface area (Å²) in [6, 6.07) is 13.8. The van der Waals surface area contributed by atoms with Gasteiger partial charge in [-0.2, -0.15) is 0 Å². The highest BCUT2D eigenvalue weighted by molar-refractivity contribution is 6.00. The van der Waals surface area contributed by atoms with Crippen LogP contribution in [0.2, 0.25) is 0 Å². The van der Waals surface area contributed by atoms with Gasteiger partial charge in [-0.15, -0.1) is 0 Å². The molecule has 1 fully saturated rings. The molecule has 146 valence electrons. The molecule has 3 aromatic rings. The molecule has 4 nitrogen and oxygen atoms in total. The van der Waals surface area contributed by atoms with Crippen LogP contribution in [0.1, 0.15) is 48.7 Å². The van der Waals surface area contributed by atoms with Crippen molar-refractivity contribution in [1.29, 1.82) is 0 Å². The van der Waals surface area contributed by atoms with E-state index in [1.54, 1.807) is 7.11 Å². The number of rotatable bonds is 6. The highest BCUT2D eigenvalue weighted by atomic mass is 16.5. The van der Waals surface area contributed by atoms with Crippen molar-refractivity contribution in [1.82, 2.24) is 9.97 Å². The van der Waals surface area contributed by atoms with Crippen LogP contribution >= 0.6 is 0 Å². The quantitative estimate of drug-likeness (QED) is 0.539. The molecule has 0 radical (unpaired) electrons. The molecule has 0 N–H and O–H groups in total. The zero-order valence-electron chi connectivity index (χ0n) is 16.5. The van der Waals surface area contributed by atoms with Gasteiger partial charge < -0.3 is 4.74 Å². The molecule has 0 aliphatic heterocycles. The van der Waals surface area contributed by atoms with Gasteiger partial charge in [-0.1, -0.05) is 23.8 Å². The zero-order chi connectivity index (χ0) is 19.5. The van der Waals surface area contributed by atoms with Crippen molar-refractivity contribution >= 4 is 16.8 Å². The van der Waals surface area contributed by atoms with Gasteiger partial charge in [0, 0.05) is 13.5 Å². The summed E-state index contributed by atoms with van der Waals surface area (Å²) in [6.07, 6.45) is 6.88. The molecule has 1 heterocycles. The lowest BCUT2D eigenvalue weighted by Crippen LogP contribution is -2.13. The molecule has 2 aromatic carbocycles. The first-order valence-electron chi connectivity index (χ1n) is 10.0. The molecule has 1 aliphatic rings. The molecule has 0 saturated heterocycles. The normalized spacial score (nSPS) is 19.1. The summed E-state index contributed by atoms with van der Waals surface area (Å²) < 4.78 is 5.41. The van der Waals surface area contributed by atoms with E-state index >= 15 is 0 Å². The van der Waals surface area contributed by atoms with Gasteiger partial charge in [-0.05, 0) is 69.2 Å². The second-order valence-corrected chi connectivity index (χ2v) is 7.83. The van der Waals surface area contributed by atoms with Crippen LogP contribution in [0.25, 0.3) is 11.0 Å². The van der Waals surface area contributed by atoms with Crippen LogP contribution in [-0.2, 0) is 6.42 Å². The Balaban J connectivity index is 0.00000240. The molecular formula is C24H28N2O2. The van der Waals surface area contributed by atoms with Crippen molar-refractivity contribution in [2.45, 2.75) is 39.0 Å². The van der Waals surface area contributed by atoms with E-state index in [1.165, 1.54) is 0 Å². The minimum Gasteiger partial charge on any atom is -0.496 e. The van der Waals surface area contributed by atoms with Crippen molar-refractivity contribution in [3.63, 3.8) is 0 Å². The third kappa shape index (κ3) is 3.91. The first-order valence-corrected chi connectivity index (χ1v) is 10.0. The third-order valence-corrected chi connectivity index (χ3v) is 5.84. The largest absolute Gasteiger partial charge is 0.496 e. The summed E-state index contributed by atoms with van der Waals surface area (Å²) in [5.41, 5.74) is 4.74. The average molecular weight is 376 g/mol. The van der Waals surface area contributed by atoms with Crippen LogP contribution in [0.15, 0.2) is 48.7 Å². The fourth-order valence-electron chi connectivity index (χ4n) is 4.28. The summed E-state index contributed by atoms with van der Waals surface area (Å²) >= 11 is 0. The lowest BCUT2D eigenvalue weighted by Gasteiger charge is -2.14. The summed E-state index contributed by atoms with van der Waals surface area (Å²) in [5.74, 6) is 1.58. The van der Waals surface area contributed by atoms with E-state index in [1.807, 2.05) is 55.6 Å². The number of fused-ring (bicyclic) bond motifs is 1. The van der Waals surface area contributed by atoms with Crippen molar-refractivity contribution in [2.24, 2.45) is 11.8 Å². The van der Waals surface area contributed by atoms with Crippen molar-refractivity contribution in [3.05, 3.63) is 65.5 Å². The maximum absolute atomic E-state index is 13.0. The van der Waals surface area contributed by atoms with Crippen molar-refractivity contribution in [2.75, 3.05) is 7.11 Å². The monoisotopic (exact) mass is 376 g/mol. The lowest BCUT2D eigenvalue weighted by atomic mass is 9.92. The summed E-state index contributed by atoms with van der Waals surface area (Å²) in [5, 5.41) is 0. The fourth-order valence-corrected chi connectivity index (χ4v) is 4.28. The number of carbonyl (C=O) groups is 1. The first kappa shape index (κ1) is 18.6. The van der Waals surface area contributed by atoms with Gasteiger partial charge >= 0.3 is 0 Å². The average Bonchev–Trinajstić information content (AvgIpc) is 3.20. The van der Waals surface area contributed by atoms with Crippen LogP contribution in [-0.4, -0.2) is 22.9 Å². The Morgan fingerprint density at radius 1 is 1.18 bits per heavy atom. The smallest absolute Gasteiger partial charge is 0.169 e. The first-order chi connectivity index (χ1) is 13.6. The predicted molar refractivity (Wildman–Crippen MR) is 113 cm³/mol. The summed E-state index contributed by atoms with van der Waals surface area (Å²) in [6.45, 7) is 2.01. The summed E-state index contributed by atoms with van der Waals surface area (Å²) in [4.78, 5) is 22.3. The van der Waals surface area contributed by atoms with E-state index in [2.05, 4.69) is 4.98 Å². The number of ketones is 1. The number of carbonyl (C=O) groups excluding carboxylic acids is 1. The molecule has 4 heteroatoms. The number of aryl methyl sites for hydroxylation is 2. The molecule has 1 aliphatic carbocycles. The van der Waals surface area contributed by atoms with Gasteiger partial charge in [0.25, 0.3) is 0 Å². The van der Waals surface area contributed by atoms with Crippen LogP contribution in [0, 0.1) is 18.8 Å². The zero-order valence-corrected chi connectivity index (χ0v) is 16.5. The fraction of sp³-hybridized carbons (Fsp3) is 0.375. The minimum absolute atomic E-state index is 0. The van der Waals surface area contributed by atoms with Gasteiger partial charge in [0.1, 0.15) is 5.75 Å². The SMILES string of the molecule is COc1ccc(C)cc1C(=O)C1CC[C@@H](CCc2cnc3ccccc3n2)C1.[HH]. The van der Waals surface area contributed by atoms with E-state index in [9.17, 15) is 4.79 Å². The summed E-state index contributed by atoms with van der Waals surface area (Å²) in [7, 11) is 1.63. The Bertz CT molecular complexity index is 1010. The minimum atomic E-state index is 0. The Labute approximate surface area is 167 Å². The maximum Gasteiger partial charge on any atom is 0.169 e. The van der Waals surface area contributed by atoms with Gasteiger partial charge in [-0.3, -0.25) is 9.78 Å². The molecule has 4 rings (SSSR count). The number of ether oxygens (including phenoxy) is 1. The van der Waals surface area contributed by atoms with E-state index in [0.717, 1.165) is 60.0 Å². The van der Waals surface area contributed by atoms with Crippen LogP contribution in [0.5, 0.6) is 5.75 Å². The molecule has 0 spiro atoms. The van der Waals surface area contributed by atoms with Gasteiger partial charge in [0.2, 0.25) is 0 Å². The predicted octanol–water partition coefficient (Wildman–Crippen LogP) is 5.42. The lowest BCUT2D eigenvalue weighted by molar-refractivity contribution is 0.0916. The van der Waals surface area contributed by atoms with E-state index in [4.69, 9.17) is 9.72 Å². The third-order valence-electron chi connectivity index (χ3n) is 5.84. The molecule has 1 saturated carbocycles. The van der Waals surface area contributed by atoms with Gasteiger partial charge in [0.15, 0.2) is 5.78 Å². The second-order valence-electron chi connectivity index (χ2n) is 7.83. The van der Waals surface area contributed by atoms with Crippen molar-refractivity contribution in [3.8, 4) is 5.75 Å². The maximum atomic E-state index is 13.0. The number of aromatic nitrogens is 2. The number of hydrogen-bond donors (Lipinski definition) is 0. The van der Waals surface area contributed by atoms with Crippen LogP contribution in [0.3, 0.4) is 0 Å². The molecule has 2 atom stereocenters. The Morgan fingerprint density at radius 3 is 2.82 bits per heavy atom. The number of benzene rings is 2. The van der Waals surface area contributed by atoms with Crippen LogP contribution < -0.4 is 4.74 Å². The topological polar surface area (TPSA) is 52.1 Å². The number of nitrogens with zero attached hydrogens (tertiary/aromatic N) is 2. The van der Waals surface area contributed by atoms with E-state index < -0.39 is 0 Å². The molecule has 0 bridgehead atoms. The van der Waals surface area contributed by atoms with Gasteiger partial charge in [-0.25, -0.2) is 4.98 Å². The Kier molecular flexibility index (Phi) is 5.38. The Morgan fingerprint density at radius 2 is 2.00 bits per heavy atom. The molecular weight excluding hydrogens is 348 g/mol. The number of Topliss-reactive ketones (excluding diaryl/α,β-unsaturated/α-hetero) is 1. The molecule has 28 heavy (non-hydrogen) atoms. The van der Waals surface area contributed by atoms with Gasteiger partial charge in [0.05, 0.1) is 29.4 Å². The Hall–Kier alpha value is -2.75. The highest BCUT2D eigenvalue weighted by Crippen LogP contribution is 2.37. The molecule has 0 amide bonds. The number of hydrogen-bond acceptors (Lipinski definition) is 4. The second kappa shape index (κ2) is 8.09. The van der Waals surface area contributed by atoms with E-state index in [-0.39, 0.29) is 13.1 Å². The highest BCUT2D eigenvalue weighted by Gasteiger charge is 2.31. The molecule has 1 unspecified atom stereocenters. The van der Waals surface area contributed by atoms with Crippen molar-refractivity contribution < 1.29 is 11.0 Å². The number of para-hydroxylation sites is 2. The number of methoxy groups -OCH3 is 1.